The molecule has 0 unspecified atom stereocenters. The molecule has 1 aliphatic rings. The average molecular weight is 188 g/mol. The molecule has 0 aliphatic carbocycles. The van der Waals surface area contributed by atoms with Crippen LogP contribution in [-0.2, 0) is 0 Å². The van der Waals surface area contributed by atoms with Crippen molar-refractivity contribution >= 4 is 0 Å². The molecule has 72 valence electrons. The molecule has 0 aromatic carbocycles. The van der Waals surface area contributed by atoms with Crippen LogP contribution in [0, 0.1) is 11.3 Å². The van der Waals surface area contributed by atoms with Gasteiger partial charge < -0.3 is 5.11 Å². The molecule has 0 saturated heterocycles. The Morgan fingerprint density at radius 3 is 2.64 bits per heavy atom. The molecule has 3 nitrogen and oxygen atoms in total. The maximum Gasteiger partial charge on any atom is 0.196 e. The molecule has 0 atom stereocenters. The highest BCUT2D eigenvalue weighted by Gasteiger charge is 2.22. The lowest BCUT2D eigenvalue weighted by Crippen LogP contribution is -2.23. The van der Waals surface area contributed by atoms with Crippen molar-refractivity contribution in [3.05, 3.63) is 47.7 Å². The Hall–Kier alpha value is -1.95. The van der Waals surface area contributed by atoms with Gasteiger partial charge in [0.1, 0.15) is 6.07 Å². The zero-order valence-electron chi connectivity index (χ0n) is 8.33. The van der Waals surface area contributed by atoms with E-state index in [1.54, 1.807) is 13.8 Å². The molecule has 0 bridgehead atoms. The number of hydrogen-bond donors (Lipinski definition) is 1. The lowest BCUT2D eigenvalue weighted by molar-refractivity contribution is 0.275. The molecule has 3 heteroatoms. The molecule has 1 aliphatic heterocycles. The minimum atomic E-state index is 0.0546. The van der Waals surface area contributed by atoms with Crippen LogP contribution in [0.2, 0.25) is 0 Å². The lowest BCUT2D eigenvalue weighted by Gasteiger charge is -2.28. The van der Waals surface area contributed by atoms with Gasteiger partial charge in [-0.25, -0.2) is 0 Å². The standard InChI is InChI=1S/C11H12N2O/c1-7(2)13-9(4)10(6-12)8(3)5-11(13)14/h5,14H,1,4H2,2-3H3. The first-order valence-corrected chi connectivity index (χ1v) is 4.15. The molecule has 14 heavy (non-hydrogen) atoms. The van der Waals surface area contributed by atoms with Crippen molar-refractivity contribution < 1.29 is 5.11 Å². The van der Waals surface area contributed by atoms with Crippen LogP contribution in [0.25, 0.3) is 0 Å². The molecule has 0 fully saturated rings. The number of nitriles is 1. The van der Waals surface area contributed by atoms with Crippen LogP contribution < -0.4 is 0 Å². The molecule has 0 saturated carbocycles. The molecule has 0 radical (unpaired) electrons. The van der Waals surface area contributed by atoms with Gasteiger partial charge in [-0.05, 0) is 19.4 Å². The van der Waals surface area contributed by atoms with Crippen LogP contribution in [0.5, 0.6) is 0 Å². The fourth-order valence-corrected chi connectivity index (χ4v) is 1.39. The summed E-state index contributed by atoms with van der Waals surface area (Å²) < 4.78 is 0. The molecule has 1 N–H and O–H groups in total. The zero-order chi connectivity index (χ0) is 10.9. The van der Waals surface area contributed by atoms with Crippen LogP contribution in [-0.4, -0.2) is 10.0 Å². The summed E-state index contributed by atoms with van der Waals surface area (Å²) in [6, 6.07) is 2.05. The second-order valence-corrected chi connectivity index (χ2v) is 3.19. The number of allylic oxidation sites excluding steroid dienone is 4. The maximum atomic E-state index is 9.62. The Morgan fingerprint density at radius 1 is 1.64 bits per heavy atom. The smallest absolute Gasteiger partial charge is 0.196 e. The Labute approximate surface area is 83.6 Å². The van der Waals surface area contributed by atoms with Crippen molar-refractivity contribution in [2.75, 3.05) is 0 Å². The van der Waals surface area contributed by atoms with Gasteiger partial charge in [0.15, 0.2) is 5.88 Å². The Balaban J connectivity index is 3.27. The van der Waals surface area contributed by atoms with Gasteiger partial charge in [0.05, 0.1) is 11.3 Å². The average Bonchev–Trinajstić information content (AvgIpc) is 2.02. The Morgan fingerprint density at radius 2 is 2.21 bits per heavy atom. The first kappa shape index (κ1) is 10.1. The Bertz CT molecular complexity index is 407. The molecular weight excluding hydrogens is 176 g/mol. The van der Waals surface area contributed by atoms with E-state index in [1.807, 2.05) is 0 Å². The first-order chi connectivity index (χ1) is 6.49. The highest BCUT2D eigenvalue weighted by Crippen LogP contribution is 2.29. The molecule has 1 rings (SSSR count). The van der Waals surface area contributed by atoms with E-state index in [0.717, 1.165) is 0 Å². The predicted molar refractivity (Wildman–Crippen MR) is 54.8 cm³/mol. The van der Waals surface area contributed by atoms with E-state index in [0.29, 0.717) is 22.5 Å². The fraction of sp³-hybridized carbons (Fsp3) is 0.182. The topological polar surface area (TPSA) is 47.3 Å². The second kappa shape index (κ2) is 3.43. The molecule has 0 aromatic rings. The van der Waals surface area contributed by atoms with Gasteiger partial charge in [-0.15, -0.1) is 0 Å². The largest absolute Gasteiger partial charge is 0.494 e. The minimum absolute atomic E-state index is 0.0546. The third kappa shape index (κ3) is 1.42. The van der Waals surface area contributed by atoms with E-state index < -0.39 is 0 Å². The summed E-state index contributed by atoms with van der Waals surface area (Å²) in [7, 11) is 0. The Kier molecular flexibility index (Phi) is 2.48. The SMILES string of the molecule is C=C(C)N1C(=C)C(C#N)=C(C)C=C1O. The van der Waals surface area contributed by atoms with Crippen molar-refractivity contribution in [3.8, 4) is 6.07 Å². The summed E-state index contributed by atoms with van der Waals surface area (Å²) in [6.45, 7) is 11.0. The number of hydrogen-bond acceptors (Lipinski definition) is 3. The second-order valence-electron chi connectivity index (χ2n) is 3.19. The molecular formula is C11H12N2O. The number of aliphatic hydroxyl groups is 1. The molecule has 0 spiro atoms. The number of rotatable bonds is 1. The first-order valence-electron chi connectivity index (χ1n) is 4.15. The lowest BCUT2D eigenvalue weighted by atomic mass is 10.0. The van der Waals surface area contributed by atoms with Gasteiger partial charge in [0.25, 0.3) is 0 Å². The van der Waals surface area contributed by atoms with Gasteiger partial charge in [-0.1, -0.05) is 13.2 Å². The highest BCUT2D eigenvalue weighted by atomic mass is 16.3. The minimum Gasteiger partial charge on any atom is -0.494 e. The summed E-state index contributed by atoms with van der Waals surface area (Å²) in [4.78, 5) is 1.45. The number of aliphatic hydroxyl groups excluding tert-OH is 1. The fourth-order valence-electron chi connectivity index (χ4n) is 1.39. The summed E-state index contributed by atoms with van der Waals surface area (Å²) in [6.07, 6.45) is 1.53. The monoisotopic (exact) mass is 188 g/mol. The third-order valence-corrected chi connectivity index (χ3v) is 2.02. The van der Waals surface area contributed by atoms with E-state index in [9.17, 15) is 5.11 Å². The third-order valence-electron chi connectivity index (χ3n) is 2.02. The highest BCUT2D eigenvalue weighted by molar-refractivity contribution is 5.52. The van der Waals surface area contributed by atoms with E-state index in [-0.39, 0.29) is 5.88 Å². The summed E-state index contributed by atoms with van der Waals surface area (Å²) in [5, 5.41) is 18.5. The van der Waals surface area contributed by atoms with Crippen LogP contribution >= 0.6 is 0 Å². The van der Waals surface area contributed by atoms with Gasteiger partial charge in [-0.3, -0.25) is 4.90 Å². The number of nitrogens with zero attached hydrogens (tertiary/aromatic N) is 2. The quantitative estimate of drug-likeness (QED) is 0.688. The summed E-state index contributed by atoms with van der Waals surface area (Å²) in [5.41, 5.74) is 2.29. The van der Waals surface area contributed by atoms with Crippen molar-refractivity contribution in [2.45, 2.75) is 13.8 Å². The van der Waals surface area contributed by atoms with E-state index in [4.69, 9.17) is 5.26 Å². The van der Waals surface area contributed by atoms with Gasteiger partial charge in [0, 0.05) is 11.8 Å². The van der Waals surface area contributed by atoms with Crippen LogP contribution in [0.15, 0.2) is 47.7 Å². The zero-order valence-corrected chi connectivity index (χ0v) is 8.33. The van der Waals surface area contributed by atoms with Gasteiger partial charge in [0.2, 0.25) is 0 Å². The maximum absolute atomic E-state index is 9.62. The summed E-state index contributed by atoms with van der Waals surface area (Å²) in [5.74, 6) is 0.0546. The van der Waals surface area contributed by atoms with E-state index in [2.05, 4.69) is 19.2 Å². The van der Waals surface area contributed by atoms with Crippen LogP contribution in [0.1, 0.15) is 13.8 Å². The molecule has 1 heterocycles. The van der Waals surface area contributed by atoms with Crippen LogP contribution in [0.4, 0.5) is 0 Å². The predicted octanol–water partition coefficient (Wildman–Crippen LogP) is 2.59. The van der Waals surface area contributed by atoms with Gasteiger partial charge >= 0.3 is 0 Å². The molecule has 0 aromatic heterocycles. The van der Waals surface area contributed by atoms with Crippen molar-refractivity contribution in [1.82, 2.24) is 4.90 Å². The van der Waals surface area contributed by atoms with Crippen molar-refractivity contribution in [3.63, 3.8) is 0 Å². The molecule has 0 amide bonds. The van der Waals surface area contributed by atoms with E-state index in [1.165, 1.54) is 11.0 Å². The van der Waals surface area contributed by atoms with Crippen LogP contribution in [0.3, 0.4) is 0 Å². The normalized spacial score (nSPS) is 16.5. The summed E-state index contributed by atoms with van der Waals surface area (Å²) >= 11 is 0. The van der Waals surface area contributed by atoms with Crippen molar-refractivity contribution in [1.29, 1.82) is 5.26 Å². The van der Waals surface area contributed by atoms with E-state index >= 15 is 0 Å². The van der Waals surface area contributed by atoms with Crippen molar-refractivity contribution in [2.24, 2.45) is 0 Å². The van der Waals surface area contributed by atoms with Gasteiger partial charge in [-0.2, -0.15) is 5.26 Å².